The van der Waals surface area contributed by atoms with E-state index in [2.05, 4.69) is 5.32 Å². The quantitative estimate of drug-likeness (QED) is 0.607. The zero-order valence-electron chi connectivity index (χ0n) is 13.2. The summed E-state index contributed by atoms with van der Waals surface area (Å²) in [6, 6.07) is 4.75. The second-order valence-corrected chi connectivity index (χ2v) is 4.58. The van der Waals surface area contributed by atoms with Gasteiger partial charge in [-0.2, -0.15) is 0 Å². The smallest absolute Gasteiger partial charge is 0.298 e. The minimum Gasteiger partial charge on any atom is -0.345 e. The number of nitro benzene ring substituents is 1. The third-order valence-corrected chi connectivity index (χ3v) is 2.95. The van der Waals surface area contributed by atoms with Gasteiger partial charge in [-0.25, -0.2) is 13.2 Å². The van der Waals surface area contributed by atoms with Crippen LogP contribution in [0.4, 0.5) is 30.2 Å². The molecule has 1 N–H and O–H groups in total. The van der Waals surface area contributed by atoms with Gasteiger partial charge in [-0.05, 0) is 37.6 Å². The van der Waals surface area contributed by atoms with E-state index in [1.165, 1.54) is 19.1 Å². The highest BCUT2D eigenvalue weighted by atomic mass is 19.2. The number of nitrogens with zero attached hydrogens (tertiary/aromatic N) is 1. The summed E-state index contributed by atoms with van der Waals surface area (Å²) in [5.41, 5.74) is -0.931. The van der Waals surface area contributed by atoms with Crippen LogP contribution in [-0.2, 0) is 0 Å². The van der Waals surface area contributed by atoms with Gasteiger partial charge in [0, 0.05) is 5.56 Å². The molecule has 0 saturated carbocycles. The lowest BCUT2D eigenvalue weighted by molar-refractivity contribution is -0.384. The van der Waals surface area contributed by atoms with Crippen molar-refractivity contribution in [2.24, 2.45) is 0 Å². The van der Waals surface area contributed by atoms with E-state index in [0.717, 1.165) is 6.07 Å². The van der Waals surface area contributed by atoms with Crippen molar-refractivity contribution >= 4 is 17.1 Å². The summed E-state index contributed by atoms with van der Waals surface area (Å²) in [7, 11) is 0. The maximum atomic E-state index is 13.8. The zero-order chi connectivity index (χ0) is 17.7. The first-order chi connectivity index (χ1) is 10.8. The molecule has 0 radical (unpaired) electrons. The Hall–Kier alpha value is -2.57. The molecule has 0 atom stereocenters. The molecule has 0 saturated heterocycles. The fourth-order valence-electron chi connectivity index (χ4n) is 1.95. The fourth-order valence-corrected chi connectivity index (χ4v) is 1.95. The lowest BCUT2D eigenvalue weighted by Gasteiger charge is -2.11. The summed E-state index contributed by atoms with van der Waals surface area (Å²) in [6.07, 6.45) is 0. The first-order valence-electron chi connectivity index (χ1n) is 6.97. The SMILES string of the molecule is CC.Cc1ccc(Nc2c(F)c(F)cc(C)c2[N+](=O)[O-])c(F)c1. The monoisotopic (exact) mass is 326 g/mol. The predicted molar refractivity (Wildman–Crippen MR) is 83.5 cm³/mol. The summed E-state index contributed by atoms with van der Waals surface area (Å²) in [5, 5.41) is 13.3. The number of benzene rings is 2. The molecule has 0 spiro atoms. The van der Waals surface area contributed by atoms with Crippen LogP contribution in [0.3, 0.4) is 0 Å². The molecule has 0 aromatic heterocycles. The van der Waals surface area contributed by atoms with Crippen molar-refractivity contribution in [1.82, 2.24) is 0 Å². The summed E-state index contributed by atoms with van der Waals surface area (Å²) < 4.78 is 41.0. The number of hydrogen-bond donors (Lipinski definition) is 1. The molecule has 0 aliphatic heterocycles. The molecule has 0 aliphatic rings. The maximum absolute atomic E-state index is 13.8. The molecule has 0 heterocycles. The highest BCUT2D eigenvalue weighted by Crippen LogP contribution is 2.35. The van der Waals surface area contributed by atoms with E-state index in [1.807, 2.05) is 13.8 Å². The Morgan fingerprint density at radius 3 is 2.17 bits per heavy atom. The third-order valence-electron chi connectivity index (χ3n) is 2.95. The average Bonchev–Trinajstić information content (AvgIpc) is 2.48. The first kappa shape index (κ1) is 18.5. The minimum atomic E-state index is -1.42. The van der Waals surface area contributed by atoms with E-state index < -0.39 is 33.7 Å². The van der Waals surface area contributed by atoms with E-state index in [9.17, 15) is 23.3 Å². The molecule has 0 bridgehead atoms. The molecule has 2 rings (SSSR count). The van der Waals surface area contributed by atoms with Gasteiger partial charge in [-0.1, -0.05) is 19.9 Å². The third kappa shape index (κ3) is 4.00. The van der Waals surface area contributed by atoms with Crippen molar-refractivity contribution in [1.29, 1.82) is 0 Å². The van der Waals surface area contributed by atoms with Crippen molar-refractivity contribution < 1.29 is 18.1 Å². The van der Waals surface area contributed by atoms with Gasteiger partial charge in [0.05, 0.1) is 10.6 Å². The van der Waals surface area contributed by atoms with Crippen LogP contribution in [-0.4, -0.2) is 4.92 Å². The molecule has 7 heteroatoms. The van der Waals surface area contributed by atoms with E-state index in [4.69, 9.17) is 0 Å². The molecule has 4 nitrogen and oxygen atoms in total. The topological polar surface area (TPSA) is 55.2 Å². The molecule has 0 unspecified atom stereocenters. The first-order valence-corrected chi connectivity index (χ1v) is 6.97. The summed E-state index contributed by atoms with van der Waals surface area (Å²) in [5.74, 6) is -3.38. The molecular formula is C16H17F3N2O2. The summed E-state index contributed by atoms with van der Waals surface area (Å²) >= 11 is 0. The highest BCUT2D eigenvalue weighted by molar-refractivity contribution is 5.73. The molecule has 0 amide bonds. The van der Waals surface area contributed by atoms with Crippen LogP contribution in [0.15, 0.2) is 24.3 Å². The number of nitro groups is 1. The lowest BCUT2D eigenvalue weighted by Crippen LogP contribution is -2.05. The van der Waals surface area contributed by atoms with Crippen molar-refractivity contribution in [3.05, 3.63) is 63.0 Å². The fraction of sp³-hybridized carbons (Fsp3) is 0.250. The Balaban J connectivity index is 0.00000127. The van der Waals surface area contributed by atoms with Gasteiger partial charge in [0.1, 0.15) is 5.82 Å². The Morgan fingerprint density at radius 2 is 1.65 bits per heavy atom. The van der Waals surface area contributed by atoms with Gasteiger partial charge in [0.15, 0.2) is 17.3 Å². The molecule has 0 aliphatic carbocycles. The number of anilines is 2. The molecular weight excluding hydrogens is 309 g/mol. The second-order valence-electron chi connectivity index (χ2n) is 4.58. The van der Waals surface area contributed by atoms with Crippen LogP contribution in [0.2, 0.25) is 0 Å². The second kappa shape index (κ2) is 7.62. The van der Waals surface area contributed by atoms with Gasteiger partial charge in [0.25, 0.3) is 5.69 Å². The van der Waals surface area contributed by atoms with Gasteiger partial charge in [-0.15, -0.1) is 0 Å². The Labute approximate surface area is 132 Å². The molecule has 23 heavy (non-hydrogen) atoms. The Bertz CT molecular complexity index is 734. The Kier molecular flexibility index (Phi) is 6.12. The van der Waals surface area contributed by atoms with E-state index in [-0.39, 0.29) is 11.3 Å². The molecule has 0 fully saturated rings. The van der Waals surface area contributed by atoms with Crippen LogP contribution >= 0.6 is 0 Å². The normalized spacial score (nSPS) is 9.87. The van der Waals surface area contributed by atoms with Crippen LogP contribution in [0.5, 0.6) is 0 Å². The minimum absolute atomic E-state index is 0.0612. The van der Waals surface area contributed by atoms with E-state index >= 15 is 0 Å². The van der Waals surface area contributed by atoms with Crippen molar-refractivity contribution in [3.8, 4) is 0 Å². The zero-order valence-corrected chi connectivity index (χ0v) is 13.2. The molecule has 2 aromatic rings. The largest absolute Gasteiger partial charge is 0.345 e. The average molecular weight is 326 g/mol. The standard InChI is InChI=1S/C14H11F3N2O2.C2H6/c1-7-3-4-11(9(15)5-7)18-13-12(17)10(16)6-8(2)14(13)19(20)21;1-2/h3-6,18H,1-2H3;1-2H3. The number of rotatable bonds is 3. The molecule has 2 aromatic carbocycles. The van der Waals surface area contributed by atoms with Crippen LogP contribution < -0.4 is 5.32 Å². The lowest BCUT2D eigenvalue weighted by atomic mass is 10.1. The van der Waals surface area contributed by atoms with Crippen molar-refractivity contribution in [2.45, 2.75) is 27.7 Å². The predicted octanol–water partition coefficient (Wildman–Crippen LogP) is 5.40. The van der Waals surface area contributed by atoms with Crippen LogP contribution in [0.1, 0.15) is 25.0 Å². The van der Waals surface area contributed by atoms with Crippen molar-refractivity contribution in [2.75, 3.05) is 5.32 Å². The maximum Gasteiger partial charge on any atom is 0.298 e. The number of aryl methyl sites for hydroxylation is 2. The number of halogens is 3. The van der Waals surface area contributed by atoms with Crippen LogP contribution in [0.25, 0.3) is 0 Å². The van der Waals surface area contributed by atoms with Crippen molar-refractivity contribution in [3.63, 3.8) is 0 Å². The number of nitrogens with one attached hydrogen (secondary N) is 1. The highest BCUT2D eigenvalue weighted by Gasteiger charge is 2.25. The van der Waals surface area contributed by atoms with Gasteiger partial charge in [0.2, 0.25) is 0 Å². The summed E-state index contributed by atoms with van der Waals surface area (Å²) in [6.45, 7) is 6.93. The van der Waals surface area contributed by atoms with Gasteiger partial charge >= 0.3 is 0 Å². The number of hydrogen-bond acceptors (Lipinski definition) is 3. The Morgan fingerprint density at radius 1 is 1.04 bits per heavy atom. The van der Waals surface area contributed by atoms with Gasteiger partial charge in [-0.3, -0.25) is 10.1 Å². The van der Waals surface area contributed by atoms with Crippen LogP contribution in [0, 0.1) is 41.4 Å². The summed E-state index contributed by atoms with van der Waals surface area (Å²) in [4.78, 5) is 10.2. The van der Waals surface area contributed by atoms with E-state index in [1.54, 1.807) is 13.0 Å². The van der Waals surface area contributed by atoms with E-state index in [0.29, 0.717) is 5.56 Å². The molecule has 124 valence electrons. The van der Waals surface area contributed by atoms with Gasteiger partial charge < -0.3 is 5.32 Å².